The monoisotopic (exact) mass is 202 g/mol. The lowest BCUT2D eigenvalue weighted by molar-refractivity contribution is 0.106. The van der Waals surface area contributed by atoms with Gasteiger partial charge in [-0.05, 0) is 20.4 Å². The Kier molecular flexibility index (Phi) is 9.35. The topological polar surface area (TPSA) is 38.5 Å². The highest BCUT2D eigenvalue weighted by Gasteiger charge is 2.11. The first-order chi connectivity index (χ1) is 6.76. The Morgan fingerprint density at radius 2 is 2.07 bits per heavy atom. The SMILES string of the molecule is CCCCC(CN)N(C)CCOCC. The highest BCUT2D eigenvalue weighted by molar-refractivity contribution is 4.69. The van der Waals surface area contributed by atoms with Gasteiger partial charge in [0.05, 0.1) is 6.61 Å². The summed E-state index contributed by atoms with van der Waals surface area (Å²) in [6.45, 7) is 7.60. The van der Waals surface area contributed by atoms with E-state index in [1.807, 2.05) is 6.92 Å². The normalized spacial score (nSPS) is 13.5. The first kappa shape index (κ1) is 13.9. The van der Waals surface area contributed by atoms with E-state index in [-0.39, 0.29) is 0 Å². The van der Waals surface area contributed by atoms with Crippen LogP contribution in [0.3, 0.4) is 0 Å². The molecule has 0 saturated heterocycles. The molecule has 0 radical (unpaired) electrons. The van der Waals surface area contributed by atoms with E-state index in [2.05, 4.69) is 18.9 Å². The fraction of sp³-hybridized carbons (Fsp3) is 1.00. The van der Waals surface area contributed by atoms with E-state index in [1.165, 1.54) is 19.3 Å². The summed E-state index contributed by atoms with van der Waals surface area (Å²) < 4.78 is 5.32. The number of likely N-dealkylation sites (N-methyl/N-ethyl adjacent to an activating group) is 1. The van der Waals surface area contributed by atoms with Crippen LogP contribution in [0.5, 0.6) is 0 Å². The molecule has 3 heteroatoms. The van der Waals surface area contributed by atoms with Crippen molar-refractivity contribution in [3.63, 3.8) is 0 Å². The van der Waals surface area contributed by atoms with Gasteiger partial charge >= 0.3 is 0 Å². The molecule has 14 heavy (non-hydrogen) atoms. The maximum Gasteiger partial charge on any atom is 0.0593 e. The Hall–Kier alpha value is -0.120. The summed E-state index contributed by atoms with van der Waals surface area (Å²) in [6.07, 6.45) is 3.71. The molecule has 0 rings (SSSR count). The van der Waals surface area contributed by atoms with E-state index < -0.39 is 0 Å². The van der Waals surface area contributed by atoms with Crippen LogP contribution in [-0.2, 0) is 4.74 Å². The Morgan fingerprint density at radius 3 is 2.57 bits per heavy atom. The van der Waals surface area contributed by atoms with Gasteiger partial charge in [-0.2, -0.15) is 0 Å². The smallest absolute Gasteiger partial charge is 0.0593 e. The summed E-state index contributed by atoms with van der Waals surface area (Å²) in [4.78, 5) is 2.31. The Morgan fingerprint density at radius 1 is 1.36 bits per heavy atom. The fourth-order valence-electron chi connectivity index (χ4n) is 1.49. The molecule has 0 saturated carbocycles. The van der Waals surface area contributed by atoms with Gasteiger partial charge < -0.3 is 10.5 Å². The zero-order valence-electron chi connectivity index (χ0n) is 9.96. The summed E-state index contributed by atoms with van der Waals surface area (Å²) in [5, 5.41) is 0. The van der Waals surface area contributed by atoms with Crippen molar-refractivity contribution in [2.45, 2.75) is 39.2 Å². The second-order valence-electron chi connectivity index (χ2n) is 3.71. The number of hydrogen-bond donors (Lipinski definition) is 1. The highest BCUT2D eigenvalue weighted by Crippen LogP contribution is 2.05. The molecule has 0 aliphatic carbocycles. The van der Waals surface area contributed by atoms with E-state index in [0.717, 1.165) is 26.3 Å². The van der Waals surface area contributed by atoms with Gasteiger partial charge in [0.15, 0.2) is 0 Å². The quantitative estimate of drug-likeness (QED) is 0.575. The summed E-state index contributed by atoms with van der Waals surface area (Å²) >= 11 is 0. The zero-order valence-corrected chi connectivity index (χ0v) is 9.96. The van der Waals surface area contributed by atoms with Crippen molar-refractivity contribution in [1.29, 1.82) is 0 Å². The van der Waals surface area contributed by atoms with E-state index in [1.54, 1.807) is 0 Å². The van der Waals surface area contributed by atoms with Crippen molar-refractivity contribution >= 4 is 0 Å². The van der Waals surface area contributed by atoms with Gasteiger partial charge in [-0.25, -0.2) is 0 Å². The first-order valence-corrected chi connectivity index (χ1v) is 5.74. The lowest BCUT2D eigenvalue weighted by atomic mass is 10.1. The predicted octanol–water partition coefficient (Wildman–Crippen LogP) is 1.47. The maximum atomic E-state index is 5.74. The molecule has 2 N–H and O–H groups in total. The van der Waals surface area contributed by atoms with Gasteiger partial charge in [-0.3, -0.25) is 4.90 Å². The average molecular weight is 202 g/mol. The average Bonchev–Trinajstić information content (AvgIpc) is 2.19. The van der Waals surface area contributed by atoms with E-state index in [4.69, 9.17) is 10.5 Å². The molecule has 1 atom stereocenters. The number of hydrogen-bond acceptors (Lipinski definition) is 3. The molecular weight excluding hydrogens is 176 g/mol. The molecule has 0 heterocycles. The minimum Gasteiger partial charge on any atom is -0.380 e. The Labute approximate surface area is 88.6 Å². The molecule has 0 aromatic carbocycles. The molecular formula is C11H26N2O. The van der Waals surface area contributed by atoms with Crippen LogP contribution in [0.15, 0.2) is 0 Å². The minimum absolute atomic E-state index is 0.524. The molecule has 86 valence electrons. The predicted molar refractivity (Wildman–Crippen MR) is 61.5 cm³/mol. The van der Waals surface area contributed by atoms with E-state index in [0.29, 0.717) is 6.04 Å². The van der Waals surface area contributed by atoms with Gasteiger partial charge in [0.25, 0.3) is 0 Å². The van der Waals surface area contributed by atoms with Crippen molar-refractivity contribution in [2.75, 3.05) is 33.4 Å². The molecule has 0 fully saturated rings. The molecule has 0 amide bonds. The Balaban J connectivity index is 3.61. The van der Waals surface area contributed by atoms with E-state index >= 15 is 0 Å². The minimum atomic E-state index is 0.524. The van der Waals surface area contributed by atoms with Crippen LogP contribution in [0, 0.1) is 0 Å². The van der Waals surface area contributed by atoms with Crippen LogP contribution >= 0.6 is 0 Å². The largest absolute Gasteiger partial charge is 0.380 e. The molecule has 0 aromatic rings. The number of ether oxygens (including phenoxy) is 1. The number of unbranched alkanes of at least 4 members (excludes halogenated alkanes) is 1. The molecule has 1 unspecified atom stereocenters. The number of nitrogens with two attached hydrogens (primary N) is 1. The molecule has 0 aliphatic rings. The van der Waals surface area contributed by atoms with Gasteiger partial charge in [-0.1, -0.05) is 19.8 Å². The van der Waals surface area contributed by atoms with Crippen molar-refractivity contribution in [3.05, 3.63) is 0 Å². The standard InChI is InChI=1S/C11H26N2O/c1-4-6-7-11(10-12)13(3)8-9-14-5-2/h11H,4-10,12H2,1-3H3. The third-order valence-corrected chi connectivity index (χ3v) is 2.58. The van der Waals surface area contributed by atoms with Crippen molar-refractivity contribution in [3.8, 4) is 0 Å². The number of rotatable bonds is 9. The molecule has 0 aromatic heterocycles. The van der Waals surface area contributed by atoms with Crippen molar-refractivity contribution in [1.82, 2.24) is 4.90 Å². The summed E-state index contributed by atoms with van der Waals surface area (Å²) in [5.74, 6) is 0. The fourth-order valence-corrected chi connectivity index (χ4v) is 1.49. The van der Waals surface area contributed by atoms with Crippen LogP contribution < -0.4 is 5.73 Å². The second-order valence-corrected chi connectivity index (χ2v) is 3.71. The zero-order chi connectivity index (χ0) is 10.8. The van der Waals surface area contributed by atoms with Gasteiger partial charge in [-0.15, -0.1) is 0 Å². The van der Waals surface area contributed by atoms with E-state index in [9.17, 15) is 0 Å². The molecule has 0 bridgehead atoms. The maximum absolute atomic E-state index is 5.74. The molecule has 0 aliphatic heterocycles. The molecule has 0 spiro atoms. The summed E-state index contributed by atoms with van der Waals surface area (Å²) in [6, 6.07) is 0.524. The lowest BCUT2D eigenvalue weighted by Crippen LogP contribution is -2.39. The van der Waals surface area contributed by atoms with Crippen LogP contribution in [0.1, 0.15) is 33.1 Å². The van der Waals surface area contributed by atoms with Crippen LogP contribution in [0.4, 0.5) is 0 Å². The van der Waals surface area contributed by atoms with Crippen LogP contribution in [-0.4, -0.2) is 44.3 Å². The van der Waals surface area contributed by atoms with Gasteiger partial charge in [0.1, 0.15) is 0 Å². The first-order valence-electron chi connectivity index (χ1n) is 5.74. The molecule has 3 nitrogen and oxygen atoms in total. The van der Waals surface area contributed by atoms with Crippen LogP contribution in [0.2, 0.25) is 0 Å². The van der Waals surface area contributed by atoms with Gasteiger partial charge in [0, 0.05) is 25.7 Å². The van der Waals surface area contributed by atoms with Crippen molar-refractivity contribution < 1.29 is 4.74 Å². The number of nitrogens with zero attached hydrogens (tertiary/aromatic N) is 1. The van der Waals surface area contributed by atoms with Crippen LogP contribution in [0.25, 0.3) is 0 Å². The lowest BCUT2D eigenvalue weighted by Gasteiger charge is -2.26. The van der Waals surface area contributed by atoms with Crippen molar-refractivity contribution in [2.24, 2.45) is 5.73 Å². The second kappa shape index (κ2) is 9.44. The third-order valence-electron chi connectivity index (χ3n) is 2.58. The highest BCUT2D eigenvalue weighted by atomic mass is 16.5. The summed E-state index contributed by atoms with van der Waals surface area (Å²) in [5.41, 5.74) is 5.74. The third kappa shape index (κ3) is 6.35. The van der Waals surface area contributed by atoms with Gasteiger partial charge in [0.2, 0.25) is 0 Å². The summed E-state index contributed by atoms with van der Waals surface area (Å²) in [7, 11) is 2.13. The Bertz CT molecular complexity index is 120.